The molecule has 2 heterocycles. The molecule has 1 aliphatic carbocycles. The van der Waals surface area contributed by atoms with Crippen molar-refractivity contribution in [2.24, 2.45) is 0 Å². The Bertz CT molecular complexity index is 715. The van der Waals surface area contributed by atoms with Gasteiger partial charge in [-0.3, -0.25) is 9.20 Å². The van der Waals surface area contributed by atoms with Crippen LogP contribution in [-0.4, -0.2) is 21.3 Å². The summed E-state index contributed by atoms with van der Waals surface area (Å²) in [6, 6.07) is 2.32. The fraction of sp³-hybridized carbons (Fsp3) is 0.556. The van der Waals surface area contributed by atoms with Crippen molar-refractivity contribution in [3.8, 4) is 0 Å². The predicted molar refractivity (Wildman–Crippen MR) is 95.9 cm³/mol. The quantitative estimate of drug-likeness (QED) is 0.833. The summed E-state index contributed by atoms with van der Waals surface area (Å²) in [6.45, 7) is 3.93. The first-order valence-electron chi connectivity index (χ1n) is 8.52. The van der Waals surface area contributed by atoms with Crippen LogP contribution >= 0.6 is 15.9 Å². The molecule has 1 aliphatic rings. The van der Waals surface area contributed by atoms with Crippen LogP contribution in [0.1, 0.15) is 66.7 Å². The molecule has 0 bridgehead atoms. The summed E-state index contributed by atoms with van der Waals surface area (Å²) in [6.07, 6.45) is 10.5. The maximum Gasteiger partial charge on any atom is 0.270 e. The highest BCUT2D eigenvalue weighted by Gasteiger charge is 2.21. The molecular formula is C18H24BrN3O. The van der Waals surface area contributed by atoms with Crippen LogP contribution in [0.4, 0.5) is 0 Å². The van der Waals surface area contributed by atoms with E-state index in [2.05, 4.69) is 26.2 Å². The number of aromatic nitrogens is 2. The van der Waals surface area contributed by atoms with E-state index in [0.717, 1.165) is 34.2 Å². The van der Waals surface area contributed by atoms with Gasteiger partial charge in [-0.2, -0.15) is 0 Å². The van der Waals surface area contributed by atoms with Gasteiger partial charge in [-0.25, -0.2) is 4.98 Å². The zero-order valence-electron chi connectivity index (χ0n) is 13.9. The lowest BCUT2D eigenvalue weighted by atomic mass is 9.96. The van der Waals surface area contributed by atoms with Crippen LogP contribution in [0, 0.1) is 13.8 Å². The van der Waals surface area contributed by atoms with Crippen molar-refractivity contribution in [3.05, 3.63) is 33.7 Å². The van der Waals surface area contributed by atoms with Gasteiger partial charge < -0.3 is 5.32 Å². The number of imidazole rings is 1. The molecular weight excluding hydrogens is 354 g/mol. The summed E-state index contributed by atoms with van der Waals surface area (Å²) in [4.78, 5) is 17.4. The third-order valence-electron chi connectivity index (χ3n) is 4.64. The summed E-state index contributed by atoms with van der Waals surface area (Å²) in [5, 5.41) is 3.25. The molecule has 0 unspecified atom stereocenters. The van der Waals surface area contributed by atoms with Crippen LogP contribution < -0.4 is 5.32 Å². The highest BCUT2D eigenvalue weighted by Crippen LogP contribution is 2.23. The van der Waals surface area contributed by atoms with Crippen molar-refractivity contribution in [2.45, 2.75) is 64.8 Å². The molecule has 124 valence electrons. The molecule has 1 amide bonds. The Hall–Kier alpha value is -1.36. The van der Waals surface area contributed by atoms with E-state index in [1.165, 1.54) is 32.1 Å². The molecule has 1 saturated carbocycles. The van der Waals surface area contributed by atoms with E-state index in [9.17, 15) is 4.79 Å². The van der Waals surface area contributed by atoms with Gasteiger partial charge in [0.25, 0.3) is 5.91 Å². The molecule has 2 aromatic rings. The van der Waals surface area contributed by atoms with Crippen LogP contribution in [0.25, 0.3) is 5.65 Å². The van der Waals surface area contributed by atoms with Gasteiger partial charge in [0.2, 0.25) is 0 Å². The van der Waals surface area contributed by atoms with Crippen LogP contribution in [0.15, 0.2) is 16.7 Å². The summed E-state index contributed by atoms with van der Waals surface area (Å²) in [7, 11) is 0. The molecule has 0 radical (unpaired) electrons. The number of carbonyl (C=O) groups excluding carboxylic acids is 1. The molecule has 5 heteroatoms. The molecule has 1 N–H and O–H groups in total. The van der Waals surface area contributed by atoms with E-state index in [1.807, 2.05) is 30.5 Å². The zero-order valence-corrected chi connectivity index (χ0v) is 15.4. The van der Waals surface area contributed by atoms with Gasteiger partial charge in [-0.1, -0.05) is 32.1 Å². The van der Waals surface area contributed by atoms with Crippen molar-refractivity contribution in [1.29, 1.82) is 0 Å². The average Bonchev–Trinajstić information content (AvgIpc) is 2.78. The van der Waals surface area contributed by atoms with Gasteiger partial charge in [0.05, 0.1) is 10.2 Å². The maximum atomic E-state index is 12.8. The molecule has 0 aliphatic heterocycles. The predicted octanol–water partition coefficient (Wildman–Crippen LogP) is 4.56. The van der Waals surface area contributed by atoms with E-state index in [-0.39, 0.29) is 5.91 Å². The number of carbonyl (C=O) groups is 1. The van der Waals surface area contributed by atoms with Crippen molar-refractivity contribution >= 4 is 27.5 Å². The number of amides is 1. The second-order valence-corrected chi connectivity index (χ2v) is 7.47. The number of aryl methyl sites for hydroxylation is 2. The van der Waals surface area contributed by atoms with E-state index < -0.39 is 0 Å². The lowest BCUT2D eigenvalue weighted by Gasteiger charge is -2.21. The number of halogens is 1. The molecule has 0 aromatic carbocycles. The Morgan fingerprint density at radius 3 is 2.57 bits per heavy atom. The number of fused-ring (bicyclic) bond motifs is 1. The topological polar surface area (TPSA) is 46.4 Å². The Labute approximate surface area is 145 Å². The maximum absolute atomic E-state index is 12.8. The van der Waals surface area contributed by atoms with Gasteiger partial charge in [0.1, 0.15) is 5.69 Å². The number of nitrogens with one attached hydrogen (secondary N) is 1. The smallest absolute Gasteiger partial charge is 0.270 e. The molecule has 0 atom stereocenters. The van der Waals surface area contributed by atoms with E-state index in [0.29, 0.717) is 11.7 Å². The van der Waals surface area contributed by atoms with Gasteiger partial charge in [-0.05, 0) is 54.2 Å². The minimum Gasteiger partial charge on any atom is -0.348 e. The van der Waals surface area contributed by atoms with Gasteiger partial charge in [0.15, 0.2) is 5.65 Å². The number of rotatable bonds is 2. The van der Waals surface area contributed by atoms with Gasteiger partial charge in [0, 0.05) is 12.2 Å². The summed E-state index contributed by atoms with van der Waals surface area (Å²) in [5.41, 5.74) is 3.34. The summed E-state index contributed by atoms with van der Waals surface area (Å²) >= 11 is 3.55. The van der Waals surface area contributed by atoms with E-state index in [4.69, 9.17) is 0 Å². The molecule has 23 heavy (non-hydrogen) atoms. The summed E-state index contributed by atoms with van der Waals surface area (Å²) < 4.78 is 2.83. The standard InChI is InChI=1S/C18H24BrN3O/c1-12-10-15(19)17-20-13(2)16(22(17)11-12)18(23)21-14-8-6-4-3-5-7-9-14/h10-11,14H,3-9H2,1-2H3,(H,21,23). The number of hydrogen-bond acceptors (Lipinski definition) is 2. The monoisotopic (exact) mass is 377 g/mol. The first kappa shape index (κ1) is 16.5. The van der Waals surface area contributed by atoms with Crippen LogP contribution in [0.3, 0.4) is 0 Å². The highest BCUT2D eigenvalue weighted by atomic mass is 79.9. The Morgan fingerprint density at radius 2 is 1.87 bits per heavy atom. The third kappa shape index (κ3) is 3.60. The Morgan fingerprint density at radius 1 is 1.22 bits per heavy atom. The molecule has 3 rings (SSSR count). The lowest BCUT2D eigenvalue weighted by molar-refractivity contribution is 0.0924. The zero-order chi connectivity index (χ0) is 16.4. The average molecular weight is 378 g/mol. The number of nitrogens with zero attached hydrogens (tertiary/aromatic N) is 2. The van der Waals surface area contributed by atoms with Crippen molar-refractivity contribution < 1.29 is 4.79 Å². The summed E-state index contributed by atoms with van der Waals surface area (Å²) in [5.74, 6) is -0.00178. The molecule has 0 spiro atoms. The molecule has 0 saturated heterocycles. The first-order valence-corrected chi connectivity index (χ1v) is 9.31. The van der Waals surface area contributed by atoms with Crippen molar-refractivity contribution in [2.75, 3.05) is 0 Å². The second-order valence-electron chi connectivity index (χ2n) is 6.62. The largest absolute Gasteiger partial charge is 0.348 e. The number of pyridine rings is 1. The minimum absolute atomic E-state index is 0.00178. The number of hydrogen-bond donors (Lipinski definition) is 1. The Balaban J connectivity index is 1.87. The van der Waals surface area contributed by atoms with Crippen LogP contribution in [0.2, 0.25) is 0 Å². The molecule has 2 aromatic heterocycles. The van der Waals surface area contributed by atoms with Crippen molar-refractivity contribution in [1.82, 2.24) is 14.7 Å². The van der Waals surface area contributed by atoms with E-state index in [1.54, 1.807) is 0 Å². The Kier molecular flexibility index (Phi) is 5.05. The van der Waals surface area contributed by atoms with Crippen molar-refractivity contribution in [3.63, 3.8) is 0 Å². The molecule has 1 fully saturated rings. The fourth-order valence-electron chi connectivity index (χ4n) is 3.47. The normalized spacial score (nSPS) is 17.0. The SMILES string of the molecule is Cc1cc(Br)c2nc(C)c(C(=O)NC3CCCCCCC3)n2c1. The first-order chi connectivity index (χ1) is 11.1. The van der Waals surface area contributed by atoms with Gasteiger partial charge in [-0.15, -0.1) is 0 Å². The van der Waals surface area contributed by atoms with Gasteiger partial charge >= 0.3 is 0 Å². The second kappa shape index (κ2) is 7.04. The van der Waals surface area contributed by atoms with Crippen LogP contribution in [0.5, 0.6) is 0 Å². The van der Waals surface area contributed by atoms with Crippen LogP contribution in [-0.2, 0) is 0 Å². The lowest BCUT2D eigenvalue weighted by Crippen LogP contribution is -2.36. The molecule has 4 nitrogen and oxygen atoms in total. The minimum atomic E-state index is -0.00178. The fourth-order valence-corrected chi connectivity index (χ4v) is 4.11. The third-order valence-corrected chi connectivity index (χ3v) is 5.23. The van der Waals surface area contributed by atoms with E-state index >= 15 is 0 Å². The highest BCUT2D eigenvalue weighted by molar-refractivity contribution is 9.10.